The molecule has 4 nitrogen and oxygen atoms in total. The van der Waals surface area contributed by atoms with Crippen LogP contribution in [0.3, 0.4) is 0 Å². The number of H-pyrrole nitrogens is 1. The highest BCUT2D eigenvalue weighted by molar-refractivity contribution is 9.10. The largest absolute Gasteiger partial charge is 0.347 e. The lowest BCUT2D eigenvalue weighted by atomic mass is 10.1. The summed E-state index contributed by atoms with van der Waals surface area (Å²) in [6, 6.07) is 6.27. The minimum atomic E-state index is -0.340. The third-order valence-electron chi connectivity index (χ3n) is 2.87. The quantitative estimate of drug-likeness (QED) is 0.864. The van der Waals surface area contributed by atoms with Crippen molar-refractivity contribution >= 4 is 21.8 Å². The molecule has 0 aliphatic carbocycles. The number of nitrogens with zero attached hydrogens (tertiary/aromatic N) is 1. The maximum Gasteiger partial charge on any atom is 0.272 e. The second-order valence-corrected chi connectivity index (χ2v) is 6.25. The monoisotopic (exact) mass is 353 g/mol. The van der Waals surface area contributed by atoms with E-state index < -0.39 is 0 Å². The number of aromatic nitrogens is 2. The third kappa shape index (κ3) is 4.67. The van der Waals surface area contributed by atoms with Crippen LogP contribution in [0.25, 0.3) is 0 Å². The Bertz CT molecular complexity index is 619. The van der Waals surface area contributed by atoms with E-state index in [1.54, 1.807) is 12.1 Å². The van der Waals surface area contributed by atoms with Gasteiger partial charge in [-0.2, -0.15) is 5.10 Å². The summed E-state index contributed by atoms with van der Waals surface area (Å²) in [5.74, 6) is -0.125. The van der Waals surface area contributed by atoms with Crippen LogP contribution in [0.1, 0.15) is 35.6 Å². The van der Waals surface area contributed by atoms with Crippen LogP contribution in [-0.4, -0.2) is 16.1 Å². The van der Waals surface area contributed by atoms with Crippen LogP contribution in [0.2, 0.25) is 0 Å². The Labute approximate surface area is 131 Å². The molecule has 2 aromatic rings. The molecule has 0 unspecified atom stereocenters. The molecule has 2 rings (SSSR count). The maximum atomic E-state index is 13.2. The summed E-state index contributed by atoms with van der Waals surface area (Å²) in [4.78, 5) is 12.0. The Balaban J connectivity index is 1.96. The van der Waals surface area contributed by atoms with E-state index in [9.17, 15) is 9.18 Å². The van der Waals surface area contributed by atoms with Gasteiger partial charge in [0.25, 0.3) is 5.91 Å². The SMILES string of the molecule is CC(C)Cc1cc(C(=O)NCc2cc(F)cc(Br)c2)n[nH]1. The first-order valence-electron chi connectivity index (χ1n) is 6.71. The Morgan fingerprint density at radius 2 is 2.14 bits per heavy atom. The molecule has 2 N–H and O–H groups in total. The van der Waals surface area contributed by atoms with Crippen LogP contribution in [0.5, 0.6) is 0 Å². The zero-order chi connectivity index (χ0) is 15.4. The van der Waals surface area contributed by atoms with Gasteiger partial charge in [-0.25, -0.2) is 4.39 Å². The Kier molecular flexibility index (Phi) is 5.12. The van der Waals surface area contributed by atoms with Gasteiger partial charge in [0.15, 0.2) is 0 Å². The molecule has 0 aliphatic heterocycles. The van der Waals surface area contributed by atoms with Crippen molar-refractivity contribution in [2.75, 3.05) is 0 Å². The number of amides is 1. The Hall–Kier alpha value is -1.69. The molecule has 0 fully saturated rings. The predicted octanol–water partition coefficient (Wildman–Crippen LogP) is 3.44. The first-order valence-corrected chi connectivity index (χ1v) is 7.51. The smallest absolute Gasteiger partial charge is 0.272 e. The molecule has 0 aliphatic rings. The van der Waals surface area contributed by atoms with Gasteiger partial charge in [0.05, 0.1) is 0 Å². The molecule has 21 heavy (non-hydrogen) atoms. The van der Waals surface area contributed by atoms with Gasteiger partial charge in [-0.3, -0.25) is 9.89 Å². The van der Waals surface area contributed by atoms with E-state index in [1.165, 1.54) is 12.1 Å². The number of hydrogen-bond donors (Lipinski definition) is 2. The van der Waals surface area contributed by atoms with Crippen LogP contribution in [0.15, 0.2) is 28.7 Å². The molecule has 0 bridgehead atoms. The maximum absolute atomic E-state index is 13.2. The van der Waals surface area contributed by atoms with E-state index in [0.29, 0.717) is 21.6 Å². The highest BCUT2D eigenvalue weighted by atomic mass is 79.9. The molecule has 1 amide bonds. The number of aromatic amines is 1. The fourth-order valence-electron chi connectivity index (χ4n) is 2.01. The second kappa shape index (κ2) is 6.85. The second-order valence-electron chi connectivity index (χ2n) is 5.34. The highest BCUT2D eigenvalue weighted by Crippen LogP contribution is 2.15. The fraction of sp³-hybridized carbons (Fsp3) is 0.333. The summed E-state index contributed by atoms with van der Waals surface area (Å²) in [7, 11) is 0. The number of rotatable bonds is 5. The van der Waals surface area contributed by atoms with Crippen molar-refractivity contribution in [1.29, 1.82) is 0 Å². The van der Waals surface area contributed by atoms with Crippen LogP contribution in [0, 0.1) is 11.7 Å². The van der Waals surface area contributed by atoms with Gasteiger partial charge in [0.1, 0.15) is 11.5 Å². The van der Waals surface area contributed by atoms with Crippen molar-refractivity contribution in [1.82, 2.24) is 15.5 Å². The van der Waals surface area contributed by atoms with Crippen molar-refractivity contribution in [3.8, 4) is 0 Å². The molecule has 6 heteroatoms. The van der Waals surface area contributed by atoms with Gasteiger partial charge < -0.3 is 5.32 Å². The third-order valence-corrected chi connectivity index (χ3v) is 3.32. The average molecular weight is 354 g/mol. The molecule has 0 radical (unpaired) electrons. The van der Waals surface area contributed by atoms with Crippen LogP contribution >= 0.6 is 15.9 Å². The summed E-state index contributed by atoms with van der Waals surface area (Å²) in [6.45, 7) is 4.45. The van der Waals surface area contributed by atoms with E-state index >= 15 is 0 Å². The first-order chi connectivity index (χ1) is 9.94. The van der Waals surface area contributed by atoms with Gasteiger partial charge in [0.2, 0.25) is 0 Å². The van der Waals surface area contributed by atoms with E-state index in [0.717, 1.165) is 12.1 Å². The fourth-order valence-corrected chi connectivity index (χ4v) is 2.52. The molecule has 1 aromatic heterocycles. The summed E-state index contributed by atoms with van der Waals surface area (Å²) >= 11 is 3.22. The predicted molar refractivity (Wildman–Crippen MR) is 82.4 cm³/mol. The van der Waals surface area contributed by atoms with Crippen molar-refractivity contribution in [3.63, 3.8) is 0 Å². The van der Waals surface area contributed by atoms with Crippen molar-refractivity contribution in [3.05, 3.63) is 51.5 Å². The normalized spacial score (nSPS) is 10.9. The van der Waals surface area contributed by atoms with Crippen molar-refractivity contribution < 1.29 is 9.18 Å². The molecule has 0 saturated heterocycles. The number of benzene rings is 1. The lowest BCUT2D eigenvalue weighted by Gasteiger charge is -2.04. The number of carbonyl (C=O) groups excluding carboxylic acids is 1. The Morgan fingerprint density at radius 3 is 2.81 bits per heavy atom. The van der Waals surface area contributed by atoms with Gasteiger partial charge in [-0.05, 0) is 42.2 Å². The highest BCUT2D eigenvalue weighted by Gasteiger charge is 2.11. The molecular formula is C15H17BrFN3O. The molecule has 0 spiro atoms. The topological polar surface area (TPSA) is 57.8 Å². The van der Waals surface area contributed by atoms with Crippen molar-refractivity contribution in [2.24, 2.45) is 5.92 Å². The van der Waals surface area contributed by atoms with Gasteiger partial charge >= 0.3 is 0 Å². The first kappa shape index (κ1) is 15.7. The van der Waals surface area contributed by atoms with E-state index in [1.807, 2.05) is 0 Å². The minimum Gasteiger partial charge on any atom is -0.347 e. The zero-order valence-corrected chi connectivity index (χ0v) is 13.5. The number of nitrogens with one attached hydrogen (secondary N) is 2. The Morgan fingerprint density at radius 1 is 1.38 bits per heavy atom. The zero-order valence-electron chi connectivity index (χ0n) is 11.9. The van der Waals surface area contributed by atoms with E-state index in [4.69, 9.17) is 0 Å². The summed E-state index contributed by atoms with van der Waals surface area (Å²) in [5.41, 5.74) is 1.97. The lowest BCUT2D eigenvalue weighted by molar-refractivity contribution is 0.0946. The summed E-state index contributed by atoms with van der Waals surface area (Å²) < 4.78 is 13.9. The number of halogens is 2. The van der Waals surface area contributed by atoms with Gasteiger partial charge in [-0.1, -0.05) is 29.8 Å². The van der Waals surface area contributed by atoms with Crippen LogP contribution in [-0.2, 0) is 13.0 Å². The van der Waals surface area contributed by atoms with Crippen molar-refractivity contribution in [2.45, 2.75) is 26.8 Å². The molecule has 0 atom stereocenters. The summed E-state index contributed by atoms with van der Waals surface area (Å²) in [6.07, 6.45) is 0.844. The molecule has 0 saturated carbocycles. The van der Waals surface area contributed by atoms with E-state index in [2.05, 4.69) is 45.3 Å². The standard InChI is InChI=1S/C15H17BrFN3O/c1-9(2)3-13-7-14(20-19-13)15(21)18-8-10-4-11(16)6-12(17)5-10/h4-7,9H,3,8H2,1-2H3,(H,18,21)(H,19,20). The molecule has 112 valence electrons. The minimum absolute atomic E-state index is 0.252. The molecule has 1 aromatic carbocycles. The lowest BCUT2D eigenvalue weighted by Crippen LogP contribution is -2.23. The number of carbonyl (C=O) groups is 1. The van der Waals surface area contributed by atoms with E-state index in [-0.39, 0.29) is 18.3 Å². The molecule has 1 heterocycles. The molecular weight excluding hydrogens is 337 g/mol. The van der Waals surface area contributed by atoms with Crippen LogP contribution < -0.4 is 5.32 Å². The van der Waals surface area contributed by atoms with Crippen LogP contribution in [0.4, 0.5) is 4.39 Å². The average Bonchev–Trinajstić information content (AvgIpc) is 2.82. The summed E-state index contributed by atoms with van der Waals surface area (Å²) in [5, 5.41) is 9.58. The van der Waals surface area contributed by atoms with Gasteiger partial charge in [0, 0.05) is 16.7 Å². The number of hydrogen-bond acceptors (Lipinski definition) is 2. The van der Waals surface area contributed by atoms with Gasteiger partial charge in [-0.15, -0.1) is 0 Å².